The van der Waals surface area contributed by atoms with E-state index in [1.807, 2.05) is 0 Å². The predicted molar refractivity (Wildman–Crippen MR) is 73.3 cm³/mol. The van der Waals surface area contributed by atoms with E-state index in [2.05, 4.69) is 20.7 Å². The number of benzene rings is 1. The van der Waals surface area contributed by atoms with Crippen LogP contribution in [0.25, 0.3) is 0 Å². The Balaban J connectivity index is 2.39. The van der Waals surface area contributed by atoms with Crippen LogP contribution in [0.5, 0.6) is 5.75 Å². The van der Waals surface area contributed by atoms with E-state index in [-0.39, 0.29) is 5.56 Å². The number of alkyl halides is 3. The van der Waals surface area contributed by atoms with Crippen molar-refractivity contribution in [1.82, 2.24) is 0 Å². The number of rotatable bonds is 3. The topological polar surface area (TPSA) is 26.3 Å². The Bertz CT molecular complexity index is 630. The molecule has 0 radical (unpaired) electrons. The first-order valence-corrected chi connectivity index (χ1v) is 7.04. The fourth-order valence-electron chi connectivity index (χ4n) is 1.57. The van der Waals surface area contributed by atoms with Gasteiger partial charge in [0, 0.05) is 0 Å². The van der Waals surface area contributed by atoms with Gasteiger partial charge < -0.3 is 4.74 Å². The molecule has 0 saturated heterocycles. The summed E-state index contributed by atoms with van der Waals surface area (Å²) >= 11 is 4.45. The summed E-state index contributed by atoms with van der Waals surface area (Å²) in [6.07, 6.45) is -4.83. The molecule has 2 nitrogen and oxygen atoms in total. The number of aryl methyl sites for hydroxylation is 1. The summed E-state index contributed by atoms with van der Waals surface area (Å²) in [7, 11) is 0. The van der Waals surface area contributed by atoms with Crippen LogP contribution < -0.4 is 4.74 Å². The Kier molecular flexibility index (Phi) is 4.19. The van der Waals surface area contributed by atoms with Gasteiger partial charge in [0.1, 0.15) is 5.75 Å². The number of ether oxygens (including phenoxy) is 1. The zero-order valence-corrected chi connectivity index (χ0v) is 12.5. The molecule has 7 heteroatoms. The van der Waals surface area contributed by atoms with Gasteiger partial charge in [-0.1, -0.05) is 12.1 Å². The van der Waals surface area contributed by atoms with Gasteiger partial charge in [-0.2, -0.15) is 0 Å². The molecule has 1 aromatic heterocycles. The predicted octanol–water partition coefficient (Wildman–Crippen LogP) is 4.95. The highest BCUT2D eigenvalue weighted by Gasteiger charge is 2.33. The minimum atomic E-state index is -4.83. The van der Waals surface area contributed by atoms with Crippen LogP contribution >= 0.6 is 27.3 Å². The molecule has 0 aliphatic heterocycles. The molecule has 0 fully saturated rings. The Morgan fingerprint density at radius 3 is 2.50 bits per heavy atom. The summed E-state index contributed by atoms with van der Waals surface area (Å²) in [6, 6.07) is 6.93. The lowest BCUT2D eigenvalue weighted by Crippen LogP contribution is -2.19. The van der Waals surface area contributed by atoms with Gasteiger partial charge in [-0.3, -0.25) is 4.79 Å². The summed E-state index contributed by atoms with van der Waals surface area (Å²) in [5, 5.41) is 0. The van der Waals surface area contributed by atoms with Crippen LogP contribution in [0.2, 0.25) is 0 Å². The quantitative estimate of drug-likeness (QED) is 0.720. The third-order valence-corrected chi connectivity index (χ3v) is 4.57. The molecule has 2 rings (SSSR count). The van der Waals surface area contributed by atoms with Crippen molar-refractivity contribution in [2.75, 3.05) is 0 Å². The average Bonchev–Trinajstić information content (AvgIpc) is 2.67. The highest BCUT2D eigenvalue weighted by molar-refractivity contribution is 9.11. The number of halogens is 4. The standard InChI is InChI=1S/C13H8BrF3O2S/c1-7-6-10(20-12(7)14)11(18)8-4-2-3-5-9(8)19-13(15,16)17/h2-6H,1H3. The lowest BCUT2D eigenvalue weighted by molar-refractivity contribution is -0.274. The van der Waals surface area contributed by atoms with E-state index in [1.54, 1.807) is 13.0 Å². The van der Waals surface area contributed by atoms with Crippen LogP contribution in [0.1, 0.15) is 20.8 Å². The zero-order chi connectivity index (χ0) is 14.9. The fraction of sp³-hybridized carbons (Fsp3) is 0.154. The number of carbonyl (C=O) groups excluding carboxylic acids is 1. The maximum Gasteiger partial charge on any atom is 0.573 e. The Morgan fingerprint density at radius 1 is 1.30 bits per heavy atom. The lowest BCUT2D eigenvalue weighted by Gasteiger charge is -2.11. The van der Waals surface area contributed by atoms with Crippen molar-refractivity contribution in [1.29, 1.82) is 0 Å². The van der Waals surface area contributed by atoms with E-state index >= 15 is 0 Å². The molecule has 2 aromatic rings. The van der Waals surface area contributed by atoms with E-state index in [4.69, 9.17) is 0 Å². The smallest absolute Gasteiger partial charge is 0.405 e. The highest BCUT2D eigenvalue weighted by atomic mass is 79.9. The van der Waals surface area contributed by atoms with E-state index in [0.717, 1.165) is 15.4 Å². The van der Waals surface area contributed by atoms with Gasteiger partial charge in [-0.15, -0.1) is 24.5 Å². The van der Waals surface area contributed by atoms with Crippen LogP contribution in [0.3, 0.4) is 0 Å². The van der Waals surface area contributed by atoms with Crippen molar-refractivity contribution in [3.8, 4) is 5.75 Å². The molecule has 0 aliphatic rings. The highest BCUT2D eigenvalue weighted by Crippen LogP contribution is 2.32. The number of para-hydroxylation sites is 1. The number of ketones is 1. The van der Waals surface area contributed by atoms with Gasteiger partial charge in [-0.25, -0.2) is 0 Å². The summed E-state index contributed by atoms with van der Waals surface area (Å²) in [4.78, 5) is 12.6. The van der Waals surface area contributed by atoms with Gasteiger partial charge in [-0.05, 0) is 46.6 Å². The fourth-order valence-corrected chi connectivity index (χ4v) is 3.06. The molecule has 1 heterocycles. The van der Waals surface area contributed by atoms with E-state index < -0.39 is 17.9 Å². The van der Waals surface area contributed by atoms with Crippen LogP contribution in [0.15, 0.2) is 34.1 Å². The van der Waals surface area contributed by atoms with Gasteiger partial charge in [0.15, 0.2) is 0 Å². The second-order valence-electron chi connectivity index (χ2n) is 3.94. The van der Waals surface area contributed by atoms with Crippen molar-refractivity contribution < 1.29 is 22.7 Å². The maximum absolute atomic E-state index is 12.3. The molecule has 0 unspecified atom stereocenters. The summed E-state index contributed by atoms with van der Waals surface area (Å²) < 4.78 is 41.6. The Morgan fingerprint density at radius 2 is 1.95 bits per heavy atom. The van der Waals surface area contributed by atoms with Crippen molar-refractivity contribution >= 4 is 33.0 Å². The minimum absolute atomic E-state index is 0.112. The van der Waals surface area contributed by atoms with Crippen molar-refractivity contribution in [3.05, 3.63) is 50.1 Å². The Hall–Kier alpha value is -1.34. The number of hydrogen-bond donors (Lipinski definition) is 0. The molecule has 0 aliphatic carbocycles. The Labute approximate surface area is 125 Å². The average molecular weight is 365 g/mol. The summed E-state index contributed by atoms with van der Waals surface area (Å²) in [5.41, 5.74) is 0.742. The first-order chi connectivity index (χ1) is 9.28. The number of hydrogen-bond acceptors (Lipinski definition) is 3. The number of thiophene rings is 1. The van der Waals surface area contributed by atoms with Crippen molar-refractivity contribution in [3.63, 3.8) is 0 Å². The first-order valence-electron chi connectivity index (χ1n) is 5.43. The van der Waals surface area contributed by atoms with Crippen LogP contribution in [0, 0.1) is 6.92 Å². The molecule has 0 saturated carbocycles. The third-order valence-electron chi connectivity index (χ3n) is 2.44. The molecule has 1 aromatic carbocycles. The van der Waals surface area contributed by atoms with Crippen LogP contribution in [0.4, 0.5) is 13.2 Å². The zero-order valence-electron chi connectivity index (χ0n) is 10.1. The normalized spacial score (nSPS) is 11.4. The molecule has 0 bridgehead atoms. The van der Waals surface area contributed by atoms with Crippen molar-refractivity contribution in [2.24, 2.45) is 0 Å². The van der Waals surface area contributed by atoms with E-state index in [1.165, 1.54) is 29.5 Å². The van der Waals surface area contributed by atoms with Crippen molar-refractivity contribution in [2.45, 2.75) is 13.3 Å². The SMILES string of the molecule is Cc1cc(C(=O)c2ccccc2OC(F)(F)F)sc1Br. The van der Waals surface area contributed by atoms with E-state index in [9.17, 15) is 18.0 Å². The minimum Gasteiger partial charge on any atom is -0.405 e. The molecular weight excluding hydrogens is 357 g/mol. The first kappa shape index (κ1) is 15.1. The second-order valence-corrected chi connectivity index (χ2v) is 6.31. The summed E-state index contributed by atoms with van der Waals surface area (Å²) in [6.45, 7) is 1.80. The molecule has 0 atom stereocenters. The molecule has 20 heavy (non-hydrogen) atoms. The molecule has 106 valence electrons. The van der Waals surface area contributed by atoms with Gasteiger partial charge in [0.25, 0.3) is 0 Å². The third kappa shape index (κ3) is 3.40. The van der Waals surface area contributed by atoms with Crippen LogP contribution in [-0.2, 0) is 0 Å². The van der Waals surface area contributed by atoms with Crippen LogP contribution in [-0.4, -0.2) is 12.1 Å². The monoisotopic (exact) mass is 364 g/mol. The van der Waals surface area contributed by atoms with Gasteiger partial charge >= 0.3 is 6.36 Å². The molecule has 0 spiro atoms. The molecule has 0 amide bonds. The maximum atomic E-state index is 12.3. The largest absolute Gasteiger partial charge is 0.573 e. The second kappa shape index (κ2) is 5.57. The van der Waals surface area contributed by atoms with Gasteiger partial charge in [0.2, 0.25) is 5.78 Å². The summed E-state index contributed by atoms with van der Waals surface area (Å²) in [5.74, 6) is -0.990. The number of carbonyl (C=O) groups is 1. The lowest BCUT2D eigenvalue weighted by atomic mass is 10.1. The van der Waals surface area contributed by atoms with E-state index in [0.29, 0.717) is 4.88 Å². The molecular formula is C13H8BrF3O2S. The van der Waals surface area contributed by atoms with Gasteiger partial charge in [0.05, 0.1) is 14.2 Å². The molecule has 0 N–H and O–H groups in total.